The van der Waals surface area contributed by atoms with Crippen LogP contribution in [0.15, 0.2) is 23.8 Å². The summed E-state index contributed by atoms with van der Waals surface area (Å²) in [6.07, 6.45) is 6.49. The van der Waals surface area contributed by atoms with E-state index < -0.39 is 0 Å². The topological polar surface area (TPSA) is 78.9 Å². The maximum atomic E-state index is 11.4. The van der Waals surface area contributed by atoms with E-state index in [2.05, 4.69) is 0 Å². The number of hydrogen-bond donors (Lipinski definition) is 0. The van der Waals surface area contributed by atoms with Gasteiger partial charge in [0.25, 0.3) is 6.47 Å². The predicted octanol–water partition coefficient (Wildman–Crippen LogP) is 1.05. The van der Waals surface area contributed by atoms with Crippen molar-refractivity contribution in [3.8, 4) is 0 Å². The van der Waals surface area contributed by atoms with E-state index >= 15 is 0 Å². The molecule has 0 radical (unpaired) electrons. The van der Waals surface area contributed by atoms with Gasteiger partial charge in [0.05, 0.1) is 6.10 Å². The Kier molecular flexibility index (Phi) is 5.20. The van der Waals surface area contributed by atoms with Crippen LogP contribution in [0, 0.1) is 0 Å². The zero-order valence-electron chi connectivity index (χ0n) is 10.9. The van der Waals surface area contributed by atoms with Crippen LogP contribution in [-0.4, -0.2) is 36.9 Å². The highest BCUT2D eigenvalue weighted by atomic mass is 17.2. The van der Waals surface area contributed by atoms with E-state index in [1.54, 1.807) is 0 Å². The first-order valence-electron chi connectivity index (χ1n) is 6.53. The van der Waals surface area contributed by atoms with E-state index in [4.69, 9.17) is 14.5 Å². The third kappa shape index (κ3) is 4.11. The first-order chi connectivity index (χ1) is 9.69. The summed E-state index contributed by atoms with van der Waals surface area (Å²) in [7, 11) is 0. The Morgan fingerprint density at radius 3 is 2.50 bits per heavy atom. The van der Waals surface area contributed by atoms with Crippen LogP contribution in [0.1, 0.15) is 25.7 Å². The van der Waals surface area contributed by atoms with Gasteiger partial charge in [-0.25, -0.2) is 9.78 Å². The molecular formula is C14H16O6. The van der Waals surface area contributed by atoms with Crippen molar-refractivity contribution in [3.63, 3.8) is 0 Å². The lowest BCUT2D eigenvalue weighted by atomic mass is 9.95. The molecule has 0 saturated heterocycles. The molecule has 0 spiro atoms. The Labute approximate surface area is 116 Å². The minimum Gasteiger partial charge on any atom is -0.465 e. The predicted molar refractivity (Wildman–Crippen MR) is 67.5 cm³/mol. The molecule has 0 heterocycles. The average Bonchev–Trinajstić information content (AvgIpc) is 2.45. The number of ketones is 2. The molecule has 0 amide bonds. The fraction of sp³-hybridized carbons (Fsp3) is 0.500. The van der Waals surface area contributed by atoms with Crippen LogP contribution in [0.3, 0.4) is 0 Å². The molecule has 2 aliphatic carbocycles. The molecular weight excluding hydrogens is 264 g/mol. The van der Waals surface area contributed by atoms with Gasteiger partial charge in [0.1, 0.15) is 12.7 Å². The molecule has 6 heteroatoms. The Balaban J connectivity index is 1.68. The van der Waals surface area contributed by atoms with Gasteiger partial charge >= 0.3 is 0 Å². The summed E-state index contributed by atoms with van der Waals surface area (Å²) in [6.45, 7) is 0.424. The number of carbonyl (C=O) groups is 3. The number of hydrogen-bond acceptors (Lipinski definition) is 6. The molecule has 2 rings (SSSR count). The van der Waals surface area contributed by atoms with Crippen LogP contribution >= 0.6 is 0 Å². The highest BCUT2D eigenvalue weighted by Gasteiger charge is 2.23. The van der Waals surface area contributed by atoms with Gasteiger partial charge in [-0.15, -0.1) is 0 Å². The number of carbonyl (C=O) groups excluding carboxylic acids is 3. The van der Waals surface area contributed by atoms with Gasteiger partial charge in [-0.2, -0.15) is 0 Å². The highest BCUT2D eigenvalue weighted by molar-refractivity contribution is 6.17. The third-order valence-corrected chi connectivity index (χ3v) is 3.32. The molecule has 0 bridgehead atoms. The maximum Gasteiger partial charge on any atom is 0.293 e. The summed E-state index contributed by atoms with van der Waals surface area (Å²) in [4.78, 5) is 43.0. The van der Waals surface area contributed by atoms with Gasteiger partial charge in [0.15, 0.2) is 11.6 Å². The molecule has 108 valence electrons. The fourth-order valence-electron chi connectivity index (χ4n) is 2.21. The highest BCUT2D eigenvalue weighted by Crippen LogP contribution is 2.23. The molecule has 1 fully saturated rings. The third-order valence-electron chi connectivity index (χ3n) is 3.32. The van der Waals surface area contributed by atoms with Crippen molar-refractivity contribution in [2.24, 2.45) is 0 Å². The Morgan fingerprint density at radius 2 is 1.80 bits per heavy atom. The van der Waals surface area contributed by atoms with Crippen LogP contribution in [0.5, 0.6) is 0 Å². The second-order valence-electron chi connectivity index (χ2n) is 4.76. The van der Waals surface area contributed by atoms with Gasteiger partial charge in [0, 0.05) is 5.57 Å². The van der Waals surface area contributed by atoms with E-state index in [-0.39, 0.29) is 36.0 Å². The van der Waals surface area contributed by atoms with Gasteiger partial charge in [-0.05, 0) is 43.9 Å². The molecule has 0 aromatic heterocycles. The summed E-state index contributed by atoms with van der Waals surface area (Å²) >= 11 is 0. The number of allylic oxidation sites excluding steroid dienone is 3. The average molecular weight is 280 g/mol. The van der Waals surface area contributed by atoms with E-state index in [1.165, 1.54) is 18.2 Å². The Hall–Kier alpha value is -1.79. The van der Waals surface area contributed by atoms with Crippen molar-refractivity contribution in [2.45, 2.75) is 37.9 Å². The SMILES string of the molecule is O=COC1CCC(OOCC2=CC(=O)C=CC2=O)CC1. The molecule has 0 atom stereocenters. The van der Waals surface area contributed by atoms with Crippen molar-refractivity contribution in [2.75, 3.05) is 6.61 Å². The zero-order valence-corrected chi connectivity index (χ0v) is 10.9. The minimum absolute atomic E-state index is 0.0420. The summed E-state index contributed by atoms with van der Waals surface area (Å²) in [5, 5.41) is 0. The smallest absolute Gasteiger partial charge is 0.293 e. The number of rotatable bonds is 6. The standard InChI is InChI=1S/C14H16O6/c15-9-18-12-2-4-13(5-3-12)20-19-8-10-7-11(16)1-6-14(10)17/h1,6-7,9,12-13H,2-5,8H2. The lowest BCUT2D eigenvalue weighted by Crippen LogP contribution is -2.27. The van der Waals surface area contributed by atoms with Crippen LogP contribution in [0.25, 0.3) is 0 Å². The van der Waals surface area contributed by atoms with E-state index in [1.807, 2.05) is 0 Å². The molecule has 0 aromatic carbocycles. The monoisotopic (exact) mass is 280 g/mol. The maximum absolute atomic E-state index is 11.4. The van der Waals surface area contributed by atoms with E-state index in [0.717, 1.165) is 25.7 Å². The van der Waals surface area contributed by atoms with Gasteiger partial charge in [-0.1, -0.05) is 0 Å². The lowest BCUT2D eigenvalue weighted by molar-refractivity contribution is -0.324. The summed E-state index contributed by atoms with van der Waals surface area (Å²) in [6, 6.07) is 0. The van der Waals surface area contributed by atoms with Crippen molar-refractivity contribution >= 4 is 18.0 Å². The van der Waals surface area contributed by atoms with Crippen LogP contribution in [0.2, 0.25) is 0 Å². The summed E-state index contributed by atoms with van der Waals surface area (Å²) in [5.74, 6) is -0.467. The normalized spacial score (nSPS) is 26.3. The first-order valence-corrected chi connectivity index (χ1v) is 6.53. The molecule has 20 heavy (non-hydrogen) atoms. The molecule has 0 aromatic rings. The molecule has 0 aliphatic heterocycles. The van der Waals surface area contributed by atoms with Crippen LogP contribution in [-0.2, 0) is 28.9 Å². The number of ether oxygens (including phenoxy) is 1. The van der Waals surface area contributed by atoms with Gasteiger partial charge < -0.3 is 4.74 Å². The first kappa shape index (κ1) is 14.6. The molecule has 0 unspecified atom stereocenters. The van der Waals surface area contributed by atoms with Gasteiger partial charge in [0.2, 0.25) is 0 Å². The minimum atomic E-state index is -0.240. The van der Waals surface area contributed by atoms with Crippen LogP contribution < -0.4 is 0 Å². The van der Waals surface area contributed by atoms with Crippen molar-refractivity contribution < 1.29 is 28.9 Å². The second-order valence-corrected chi connectivity index (χ2v) is 4.76. The largest absolute Gasteiger partial charge is 0.465 e. The van der Waals surface area contributed by atoms with E-state index in [9.17, 15) is 14.4 Å². The molecule has 1 saturated carbocycles. The summed E-state index contributed by atoms with van der Waals surface area (Å²) in [5.41, 5.74) is 0.287. The van der Waals surface area contributed by atoms with Crippen molar-refractivity contribution in [1.82, 2.24) is 0 Å². The zero-order chi connectivity index (χ0) is 14.4. The molecule has 6 nitrogen and oxygen atoms in total. The second kappa shape index (κ2) is 7.12. The Bertz CT molecular complexity index is 443. The van der Waals surface area contributed by atoms with E-state index in [0.29, 0.717) is 6.47 Å². The van der Waals surface area contributed by atoms with Crippen molar-refractivity contribution in [1.29, 1.82) is 0 Å². The van der Waals surface area contributed by atoms with Crippen molar-refractivity contribution in [3.05, 3.63) is 23.8 Å². The molecule has 0 N–H and O–H groups in total. The quantitative estimate of drug-likeness (QED) is 0.313. The van der Waals surface area contributed by atoms with Gasteiger partial charge in [-0.3, -0.25) is 14.4 Å². The summed E-state index contributed by atoms with van der Waals surface area (Å²) < 4.78 is 4.88. The fourth-order valence-corrected chi connectivity index (χ4v) is 2.21. The Morgan fingerprint density at radius 1 is 1.10 bits per heavy atom. The molecule has 2 aliphatic rings. The van der Waals surface area contributed by atoms with Crippen LogP contribution in [0.4, 0.5) is 0 Å². The lowest BCUT2D eigenvalue weighted by Gasteiger charge is -2.26.